The number of amides is 1. The fourth-order valence-electron chi connectivity index (χ4n) is 2.93. The number of rotatable bonds is 3. The van der Waals surface area contributed by atoms with Gasteiger partial charge in [0.15, 0.2) is 6.04 Å². The Morgan fingerprint density at radius 2 is 1.67 bits per heavy atom. The highest BCUT2D eigenvalue weighted by Gasteiger charge is 2.26. The molecule has 0 bridgehead atoms. The molecule has 1 amide bonds. The molecule has 0 spiro atoms. The Balaban J connectivity index is 1.95. The molecule has 0 aliphatic carbocycles. The van der Waals surface area contributed by atoms with Crippen LogP contribution in [0.2, 0.25) is 0 Å². The van der Waals surface area contributed by atoms with Crippen LogP contribution in [0.4, 0.5) is 5.69 Å². The summed E-state index contributed by atoms with van der Waals surface area (Å²) in [6, 6.07) is 8.27. The van der Waals surface area contributed by atoms with Crippen LogP contribution in [0.5, 0.6) is 0 Å². The lowest BCUT2D eigenvalue weighted by atomic mass is 9.87. The third-order valence-electron chi connectivity index (χ3n) is 4.52. The van der Waals surface area contributed by atoms with Crippen LogP contribution >= 0.6 is 0 Å². The number of hydrogen-bond acceptors (Lipinski definition) is 1. The van der Waals surface area contributed by atoms with Gasteiger partial charge in [0.2, 0.25) is 0 Å². The summed E-state index contributed by atoms with van der Waals surface area (Å²) in [7, 11) is 0. The molecular formula is C18H29N2O+. The second kappa shape index (κ2) is 6.61. The number of likely N-dealkylation sites (tertiary alicyclic amines) is 1. The van der Waals surface area contributed by atoms with E-state index in [-0.39, 0.29) is 17.4 Å². The van der Waals surface area contributed by atoms with Gasteiger partial charge in [0.1, 0.15) is 0 Å². The first-order valence-electron chi connectivity index (χ1n) is 8.14. The number of quaternary nitrogens is 1. The van der Waals surface area contributed by atoms with Gasteiger partial charge in [-0.3, -0.25) is 4.79 Å². The molecule has 1 aromatic carbocycles. The quantitative estimate of drug-likeness (QED) is 0.880. The largest absolute Gasteiger partial charge is 0.325 e. The molecule has 3 heteroatoms. The molecule has 1 fully saturated rings. The van der Waals surface area contributed by atoms with Crippen LogP contribution in [0.1, 0.15) is 52.5 Å². The highest BCUT2D eigenvalue weighted by molar-refractivity contribution is 5.93. The zero-order valence-electron chi connectivity index (χ0n) is 13.8. The van der Waals surface area contributed by atoms with Gasteiger partial charge in [-0.15, -0.1) is 0 Å². The Bertz CT molecular complexity index is 467. The minimum absolute atomic E-state index is 0.0348. The van der Waals surface area contributed by atoms with Crippen molar-refractivity contribution < 1.29 is 9.69 Å². The standard InChI is InChI=1S/C18H28N2O/c1-14(20-12-6-5-7-13-20)17(21)19-16-10-8-15(9-11-16)18(2,3)4/h8-11,14H,5-7,12-13H2,1-4H3,(H,19,21)/p+1/t14-/m1/s1. The highest BCUT2D eigenvalue weighted by atomic mass is 16.2. The minimum Gasteiger partial charge on any atom is -0.325 e. The maximum absolute atomic E-state index is 12.4. The summed E-state index contributed by atoms with van der Waals surface area (Å²) in [5.41, 5.74) is 2.33. The Morgan fingerprint density at radius 1 is 1.10 bits per heavy atom. The predicted molar refractivity (Wildman–Crippen MR) is 87.8 cm³/mol. The molecule has 1 aliphatic heterocycles. The summed E-state index contributed by atoms with van der Waals surface area (Å²) in [5, 5.41) is 3.06. The molecule has 0 radical (unpaired) electrons. The number of carbonyl (C=O) groups is 1. The van der Waals surface area contributed by atoms with Crippen molar-refractivity contribution in [1.82, 2.24) is 0 Å². The van der Waals surface area contributed by atoms with Crippen molar-refractivity contribution in [3.63, 3.8) is 0 Å². The lowest BCUT2D eigenvalue weighted by Gasteiger charge is -2.28. The van der Waals surface area contributed by atoms with Crippen LogP contribution < -0.4 is 10.2 Å². The smallest absolute Gasteiger partial charge is 0.282 e. The molecule has 3 nitrogen and oxygen atoms in total. The summed E-state index contributed by atoms with van der Waals surface area (Å²) in [4.78, 5) is 13.8. The molecule has 1 aliphatic rings. The number of piperidine rings is 1. The maximum atomic E-state index is 12.4. The summed E-state index contributed by atoms with van der Waals surface area (Å²) in [6.45, 7) is 10.9. The van der Waals surface area contributed by atoms with Crippen molar-refractivity contribution in [1.29, 1.82) is 0 Å². The topological polar surface area (TPSA) is 33.5 Å². The first-order chi connectivity index (χ1) is 9.88. The highest BCUT2D eigenvalue weighted by Crippen LogP contribution is 2.23. The van der Waals surface area contributed by atoms with E-state index in [9.17, 15) is 4.79 Å². The molecule has 1 saturated heterocycles. The van der Waals surface area contributed by atoms with Crippen molar-refractivity contribution in [2.24, 2.45) is 0 Å². The Morgan fingerprint density at radius 3 is 2.19 bits per heavy atom. The molecule has 1 atom stereocenters. The molecule has 21 heavy (non-hydrogen) atoms. The molecule has 2 N–H and O–H groups in total. The number of nitrogens with one attached hydrogen (secondary N) is 2. The monoisotopic (exact) mass is 289 g/mol. The van der Waals surface area contributed by atoms with E-state index >= 15 is 0 Å². The molecule has 1 aromatic rings. The van der Waals surface area contributed by atoms with Gasteiger partial charge < -0.3 is 10.2 Å². The van der Waals surface area contributed by atoms with E-state index in [2.05, 4.69) is 38.2 Å². The Labute approximate surface area is 128 Å². The second-order valence-corrected chi connectivity index (χ2v) is 7.26. The van der Waals surface area contributed by atoms with Gasteiger partial charge in [0.05, 0.1) is 13.1 Å². The molecule has 2 rings (SSSR count). The van der Waals surface area contributed by atoms with E-state index < -0.39 is 0 Å². The zero-order chi connectivity index (χ0) is 15.5. The van der Waals surface area contributed by atoms with Crippen molar-refractivity contribution in [3.05, 3.63) is 29.8 Å². The van der Waals surface area contributed by atoms with Gasteiger partial charge in [-0.1, -0.05) is 32.9 Å². The van der Waals surface area contributed by atoms with Gasteiger partial charge in [-0.25, -0.2) is 0 Å². The number of carbonyl (C=O) groups excluding carboxylic acids is 1. The lowest BCUT2D eigenvalue weighted by Crippen LogP contribution is -3.17. The summed E-state index contributed by atoms with van der Waals surface area (Å²) in [6.07, 6.45) is 3.80. The molecule has 116 valence electrons. The van der Waals surface area contributed by atoms with E-state index in [0.717, 1.165) is 18.8 Å². The number of anilines is 1. The molecular weight excluding hydrogens is 260 g/mol. The third kappa shape index (κ3) is 4.31. The second-order valence-electron chi connectivity index (χ2n) is 7.26. The molecule has 0 saturated carbocycles. The van der Waals surface area contributed by atoms with Gasteiger partial charge in [-0.05, 0) is 49.3 Å². The van der Waals surface area contributed by atoms with Crippen LogP contribution in [-0.4, -0.2) is 25.0 Å². The van der Waals surface area contributed by atoms with Crippen molar-refractivity contribution in [2.45, 2.75) is 58.4 Å². The van der Waals surface area contributed by atoms with E-state index in [1.807, 2.05) is 19.1 Å². The SMILES string of the molecule is C[C@H](C(=O)Nc1ccc(C(C)(C)C)cc1)[NH+]1CCCCC1. The van der Waals surface area contributed by atoms with E-state index in [1.165, 1.54) is 29.7 Å². The maximum Gasteiger partial charge on any atom is 0.282 e. The summed E-state index contributed by atoms with van der Waals surface area (Å²) in [5.74, 6) is 0.135. The van der Waals surface area contributed by atoms with Crippen LogP contribution in [-0.2, 0) is 10.2 Å². The molecule has 1 heterocycles. The summed E-state index contributed by atoms with van der Waals surface area (Å²) >= 11 is 0. The first kappa shape index (κ1) is 16.0. The average Bonchev–Trinajstić information content (AvgIpc) is 2.47. The molecule has 0 aromatic heterocycles. The van der Waals surface area contributed by atoms with Crippen LogP contribution in [0.25, 0.3) is 0 Å². The van der Waals surface area contributed by atoms with Gasteiger partial charge in [0, 0.05) is 5.69 Å². The fraction of sp³-hybridized carbons (Fsp3) is 0.611. The Hall–Kier alpha value is -1.35. The van der Waals surface area contributed by atoms with E-state index in [1.54, 1.807) is 0 Å². The van der Waals surface area contributed by atoms with Crippen LogP contribution in [0.15, 0.2) is 24.3 Å². The van der Waals surface area contributed by atoms with E-state index in [0.29, 0.717) is 0 Å². The van der Waals surface area contributed by atoms with Crippen LogP contribution in [0.3, 0.4) is 0 Å². The average molecular weight is 289 g/mol. The van der Waals surface area contributed by atoms with Crippen molar-refractivity contribution >= 4 is 11.6 Å². The van der Waals surface area contributed by atoms with Gasteiger partial charge in [-0.2, -0.15) is 0 Å². The number of hydrogen-bond donors (Lipinski definition) is 2. The van der Waals surface area contributed by atoms with Crippen molar-refractivity contribution in [3.8, 4) is 0 Å². The zero-order valence-corrected chi connectivity index (χ0v) is 13.8. The number of benzene rings is 1. The fourth-order valence-corrected chi connectivity index (χ4v) is 2.93. The normalized spacial score (nSPS) is 18.3. The third-order valence-corrected chi connectivity index (χ3v) is 4.52. The van der Waals surface area contributed by atoms with Gasteiger partial charge >= 0.3 is 0 Å². The summed E-state index contributed by atoms with van der Waals surface area (Å²) < 4.78 is 0. The first-order valence-corrected chi connectivity index (χ1v) is 8.14. The van der Waals surface area contributed by atoms with Gasteiger partial charge in [0.25, 0.3) is 5.91 Å². The van der Waals surface area contributed by atoms with Crippen LogP contribution in [0, 0.1) is 0 Å². The lowest BCUT2D eigenvalue weighted by molar-refractivity contribution is -0.918. The minimum atomic E-state index is 0.0348. The molecule has 0 unspecified atom stereocenters. The van der Waals surface area contributed by atoms with E-state index in [4.69, 9.17) is 0 Å². The van der Waals surface area contributed by atoms with Crippen molar-refractivity contribution in [2.75, 3.05) is 18.4 Å². The Kier molecular flexibility index (Phi) is 5.04. The predicted octanol–water partition coefficient (Wildman–Crippen LogP) is 2.38.